The van der Waals surface area contributed by atoms with Crippen LogP contribution in [0.4, 0.5) is 5.00 Å². The quantitative estimate of drug-likeness (QED) is 0.654. The topological polar surface area (TPSA) is 102 Å². The third-order valence-corrected chi connectivity index (χ3v) is 7.02. The number of carboxylic acid groups (broad SMARTS) is 1. The van der Waals surface area contributed by atoms with Gasteiger partial charge < -0.3 is 19.9 Å². The standard InChI is InChI=1S/C23H25NO6S/c1-4-29-23(28)19-16(13-7-5-11(2)6-8-13)12(3)31-21(19)24-20(25)17-14-9-10-15(30-14)18(17)22(26)27/h5-8,14-15,17-18H,4,9-10H2,1-3H3,(H,24,25)(H,26,27)/t14-,15-,17+,18-/m0/s1. The molecule has 7 nitrogen and oxygen atoms in total. The highest BCUT2D eigenvalue weighted by Gasteiger charge is 2.55. The lowest BCUT2D eigenvalue weighted by atomic mass is 9.78. The summed E-state index contributed by atoms with van der Waals surface area (Å²) in [6, 6.07) is 7.79. The molecule has 0 aliphatic carbocycles. The number of aryl methyl sites for hydroxylation is 2. The van der Waals surface area contributed by atoms with E-state index < -0.39 is 41.9 Å². The largest absolute Gasteiger partial charge is 0.481 e. The third-order valence-electron chi connectivity index (χ3n) is 6.00. The highest BCUT2D eigenvalue weighted by molar-refractivity contribution is 7.17. The Kier molecular flexibility index (Phi) is 5.85. The summed E-state index contributed by atoms with van der Waals surface area (Å²) in [6.45, 7) is 5.80. The Morgan fingerprint density at radius 2 is 1.77 bits per heavy atom. The van der Waals surface area contributed by atoms with Gasteiger partial charge in [0.25, 0.3) is 0 Å². The van der Waals surface area contributed by atoms with Gasteiger partial charge in [-0.05, 0) is 39.2 Å². The summed E-state index contributed by atoms with van der Waals surface area (Å²) >= 11 is 1.29. The van der Waals surface area contributed by atoms with Crippen LogP contribution in [0.15, 0.2) is 24.3 Å². The highest BCUT2D eigenvalue weighted by atomic mass is 32.1. The minimum atomic E-state index is -1.03. The minimum absolute atomic E-state index is 0.204. The van der Waals surface area contributed by atoms with Crippen LogP contribution in [0.3, 0.4) is 0 Å². The lowest BCUT2D eigenvalue weighted by molar-refractivity contribution is -0.147. The Morgan fingerprint density at radius 3 is 2.39 bits per heavy atom. The molecule has 2 fully saturated rings. The number of fused-ring (bicyclic) bond motifs is 2. The van der Waals surface area contributed by atoms with Crippen molar-refractivity contribution in [3.8, 4) is 11.1 Å². The van der Waals surface area contributed by atoms with Gasteiger partial charge in [-0.15, -0.1) is 11.3 Å². The lowest BCUT2D eigenvalue weighted by Crippen LogP contribution is -2.41. The molecular weight excluding hydrogens is 418 g/mol. The van der Waals surface area contributed by atoms with Crippen LogP contribution >= 0.6 is 11.3 Å². The van der Waals surface area contributed by atoms with Gasteiger partial charge in [-0.25, -0.2) is 4.79 Å². The van der Waals surface area contributed by atoms with Crippen molar-refractivity contribution in [3.05, 3.63) is 40.3 Å². The molecule has 1 aromatic heterocycles. The molecule has 164 valence electrons. The average Bonchev–Trinajstić information content (AvgIpc) is 3.41. The third kappa shape index (κ3) is 3.85. The fourth-order valence-corrected chi connectivity index (χ4v) is 5.69. The van der Waals surface area contributed by atoms with Gasteiger partial charge in [0.2, 0.25) is 5.91 Å². The molecule has 2 bridgehead atoms. The van der Waals surface area contributed by atoms with Gasteiger partial charge in [0.05, 0.1) is 30.7 Å². The number of carbonyl (C=O) groups is 3. The van der Waals surface area contributed by atoms with Crippen LogP contribution in [0.5, 0.6) is 0 Å². The van der Waals surface area contributed by atoms with Gasteiger partial charge in [-0.1, -0.05) is 29.8 Å². The Hall–Kier alpha value is -2.71. The van der Waals surface area contributed by atoms with Gasteiger partial charge in [0.1, 0.15) is 10.6 Å². The second-order valence-corrected chi connectivity index (χ2v) is 9.22. The summed E-state index contributed by atoms with van der Waals surface area (Å²) in [6.07, 6.45) is 0.468. The van der Waals surface area contributed by atoms with E-state index in [1.54, 1.807) is 6.92 Å². The molecule has 2 aliphatic heterocycles. The molecule has 2 N–H and O–H groups in total. The number of ether oxygens (including phenoxy) is 2. The van der Waals surface area contributed by atoms with Crippen LogP contribution in [-0.2, 0) is 19.1 Å². The Bertz CT molecular complexity index is 1030. The molecule has 1 amide bonds. The maximum Gasteiger partial charge on any atom is 0.341 e. The van der Waals surface area contributed by atoms with Gasteiger partial charge in [-0.3, -0.25) is 9.59 Å². The average molecular weight is 444 g/mol. The molecule has 0 spiro atoms. The summed E-state index contributed by atoms with van der Waals surface area (Å²) < 4.78 is 11.0. The number of esters is 1. The van der Waals surface area contributed by atoms with E-state index in [1.165, 1.54) is 11.3 Å². The van der Waals surface area contributed by atoms with Gasteiger partial charge >= 0.3 is 11.9 Å². The fraction of sp³-hybridized carbons (Fsp3) is 0.435. The zero-order chi connectivity index (χ0) is 22.3. The van der Waals surface area contributed by atoms with Crippen molar-refractivity contribution in [2.24, 2.45) is 11.8 Å². The molecule has 4 rings (SSSR count). The van der Waals surface area contributed by atoms with E-state index >= 15 is 0 Å². The summed E-state index contributed by atoms with van der Waals surface area (Å²) in [5.41, 5.74) is 2.98. The molecule has 2 aliphatic rings. The number of hydrogen-bond acceptors (Lipinski definition) is 6. The number of carboxylic acids is 1. The van der Waals surface area contributed by atoms with Gasteiger partial charge in [0, 0.05) is 10.4 Å². The first-order valence-electron chi connectivity index (χ1n) is 10.4. The zero-order valence-corrected chi connectivity index (χ0v) is 18.5. The second kappa shape index (κ2) is 8.43. The first kappa shape index (κ1) is 21.5. The predicted molar refractivity (Wildman–Crippen MR) is 116 cm³/mol. The molecule has 1 aromatic carbocycles. The van der Waals surface area contributed by atoms with Crippen LogP contribution in [0.2, 0.25) is 0 Å². The highest BCUT2D eigenvalue weighted by Crippen LogP contribution is 2.45. The second-order valence-electron chi connectivity index (χ2n) is 7.99. The molecule has 2 aromatic rings. The monoisotopic (exact) mass is 443 g/mol. The number of benzene rings is 1. The van der Waals surface area contributed by atoms with E-state index in [1.807, 2.05) is 38.1 Å². The maximum atomic E-state index is 13.2. The lowest BCUT2D eigenvalue weighted by Gasteiger charge is -2.23. The molecule has 4 atom stereocenters. The number of amides is 1. The zero-order valence-electron chi connectivity index (χ0n) is 17.6. The van der Waals surface area contributed by atoms with Crippen molar-refractivity contribution in [3.63, 3.8) is 0 Å². The van der Waals surface area contributed by atoms with Crippen molar-refractivity contribution in [2.75, 3.05) is 11.9 Å². The Labute approximate surface area is 184 Å². The number of thiophene rings is 1. The van der Waals surface area contributed by atoms with Crippen LogP contribution in [-0.4, -0.2) is 41.8 Å². The summed E-state index contributed by atoms with van der Waals surface area (Å²) in [5.74, 6) is -3.63. The SMILES string of the molecule is CCOC(=O)c1c(NC(=O)[C@H]2[C@@H](C(=O)O)[C@@H]3CC[C@@H]2O3)sc(C)c1-c1ccc(C)cc1. The molecule has 0 radical (unpaired) electrons. The van der Waals surface area contributed by atoms with Crippen LogP contribution in [0.25, 0.3) is 11.1 Å². The van der Waals surface area contributed by atoms with E-state index in [0.29, 0.717) is 23.4 Å². The number of rotatable bonds is 6. The maximum absolute atomic E-state index is 13.2. The predicted octanol–water partition coefficient (Wildman–Crippen LogP) is 4.03. The number of carbonyl (C=O) groups excluding carboxylic acids is 2. The van der Waals surface area contributed by atoms with Crippen molar-refractivity contribution in [2.45, 2.75) is 45.8 Å². The number of aliphatic carboxylic acids is 1. The Balaban J connectivity index is 1.70. The summed E-state index contributed by atoms with van der Waals surface area (Å²) in [5, 5.41) is 12.8. The summed E-state index contributed by atoms with van der Waals surface area (Å²) in [7, 11) is 0. The van der Waals surface area contributed by atoms with Crippen molar-refractivity contribution in [1.29, 1.82) is 0 Å². The van der Waals surface area contributed by atoms with Crippen molar-refractivity contribution >= 4 is 34.2 Å². The minimum Gasteiger partial charge on any atom is -0.481 e. The number of nitrogens with one attached hydrogen (secondary N) is 1. The molecule has 2 saturated heterocycles. The smallest absolute Gasteiger partial charge is 0.341 e. The van der Waals surface area contributed by atoms with Crippen LogP contribution < -0.4 is 5.32 Å². The molecular formula is C23H25NO6S. The molecule has 31 heavy (non-hydrogen) atoms. The van der Waals surface area contributed by atoms with Crippen molar-refractivity contribution < 1.29 is 29.0 Å². The Morgan fingerprint density at radius 1 is 1.13 bits per heavy atom. The van der Waals surface area contributed by atoms with Crippen molar-refractivity contribution in [1.82, 2.24) is 0 Å². The van der Waals surface area contributed by atoms with Crippen LogP contribution in [0.1, 0.15) is 40.6 Å². The van der Waals surface area contributed by atoms with Crippen LogP contribution in [0, 0.1) is 25.7 Å². The normalized spacial score (nSPS) is 24.2. The van der Waals surface area contributed by atoms with E-state index in [9.17, 15) is 19.5 Å². The summed E-state index contributed by atoms with van der Waals surface area (Å²) in [4.78, 5) is 38.6. The number of hydrogen-bond donors (Lipinski definition) is 2. The fourth-order valence-electron chi connectivity index (χ4n) is 4.62. The number of anilines is 1. The first-order valence-corrected chi connectivity index (χ1v) is 11.2. The molecule has 8 heteroatoms. The van der Waals surface area contributed by atoms with Gasteiger partial charge in [0.15, 0.2) is 0 Å². The van der Waals surface area contributed by atoms with E-state index in [2.05, 4.69) is 5.32 Å². The van der Waals surface area contributed by atoms with E-state index in [-0.39, 0.29) is 6.61 Å². The molecule has 0 saturated carbocycles. The van der Waals surface area contributed by atoms with Gasteiger partial charge in [-0.2, -0.15) is 0 Å². The first-order chi connectivity index (χ1) is 14.8. The van der Waals surface area contributed by atoms with E-state index in [4.69, 9.17) is 9.47 Å². The molecule has 0 unspecified atom stereocenters. The van der Waals surface area contributed by atoms with E-state index in [0.717, 1.165) is 21.6 Å². The molecule has 3 heterocycles.